The van der Waals surface area contributed by atoms with Crippen LogP contribution in [-0.4, -0.2) is 78.8 Å². The summed E-state index contributed by atoms with van der Waals surface area (Å²) in [5.41, 5.74) is 2.75. The van der Waals surface area contributed by atoms with Crippen LogP contribution in [0.3, 0.4) is 0 Å². The van der Waals surface area contributed by atoms with Gasteiger partial charge in [-0.3, -0.25) is 19.4 Å². The van der Waals surface area contributed by atoms with Crippen LogP contribution < -0.4 is 5.32 Å². The minimum atomic E-state index is -1.13. The number of carboxylic acid groups (broad SMARTS) is 1. The lowest BCUT2D eigenvalue weighted by atomic mass is 9.32. The first-order valence-corrected chi connectivity index (χ1v) is 24.5. The highest BCUT2D eigenvalue weighted by Crippen LogP contribution is 2.78. The molecule has 6 aliphatic rings. The zero-order chi connectivity index (χ0) is 43.6. The Morgan fingerprint density at radius 1 is 0.820 bits per heavy atom. The summed E-state index contributed by atoms with van der Waals surface area (Å²) < 4.78 is 6.24. The van der Waals surface area contributed by atoms with Gasteiger partial charge in [0.05, 0.1) is 11.8 Å². The number of nitrogens with one attached hydrogen (secondary N) is 1. The molecule has 1 saturated heterocycles. The average Bonchev–Trinajstić information content (AvgIpc) is 3.59. The van der Waals surface area contributed by atoms with Gasteiger partial charge in [-0.25, -0.2) is 0 Å². The van der Waals surface area contributed by atoms with Crippen LogP contribution in [0.5, 0.6) is 0 Å². The van der Waals surface area contributed by atoms with Gasteiger partial charge in [0.25, 0.3) is 0 Å². The number of carbonyl (C=O) groups is 2. The molecule has 2 N–H and O–H groups in total. The van der Waals surface area contributed by atoms with E-state index in [1.165, 1.54) is 79.7 Å². The van der Waals surface area contributed by atoms with Crippen molar-refractivity contribution in [2.45, 2.75) is 145 Å². The van der Waals surface area contributed by atoms with Crippen molar-refractivity contribution in [3.63, 3.8) is 0 Å². The molecule has 7 heteroatoms. The maximum Gasteiger partial charge on any atom is 0.309 e. The number of ether oxygens (including phenoxy) is 1. The third-order valence-electron chi connectivity index (χ3n) is 19.7. The van der Waals surface area contributed by atoms with Gasteiger partial charge in [0.2, 0.25) is 0 Å². The summed E-state index contributed by atoms with van der Waals surface area (Å²) in [6.45, 7) is 32.0. The maximum atomic E-state index is 13.2. The molecule has 336 valence electrons. The molecule has 5 aliphatic carbocycles. The molecule has 0 radical (unpaired) electrons. The Hall–Kier alpha value is -2.74. The predicted molar refractivity (Wildman–Crippen MR) is 248 cm³/mol. The molecule has 0 aromatic heterocycles. The van der Waals surface area contributed by atoms with E-state index in [0.29, 0.717) is 28.6 Å². The van der Waals surface area contributed by atoms with Gasteiger partial charge in [0.15, 0.2) is 0 Å². The number of esters is 1. The van der Waals surface area contributed by atoms with Crippen LogP contribution in [0.15, 0.2) is 54.6 Å². The first-order valence-electron chi connectivity index (χ1n) is 24.5. The summed E-state index contributed by atoms with van der Waals surface area (Å²) in [5.74, 6) is 1.91. The molecule has 5 saturated carbocycles. The molecular weight excluding hydrogens is 755 g/mol. The lowest BCUT2D eigenvalue weighted by Gasteiger charge is -2.73. The van der Waals surface area contributed by atoms with Crippen molar-refractivity contribution in [2.24, 2.45) is 62.1 Å². The van der Waals surface area contributed by atoms with E-state index in [4.69, 9.17) is 4.74 Å². The quantitative estimate of drug-likeness (QED) is 0.118. The Bertz CT molecular complexity index is 1950. The van der Waals surface area contributed by atoms with Crippen molar-refractivity contribution in [2.75, 3.05) is 45.8 Å². The van der Waals surface area contributed by atoms with E-state index in [0.717, 1.165) is 77.0 Å². The Morgan fingerprint density at radius 2 is 1.54 bits per heavy atom. The third-order valence-corrected chi connectivity index (χ3v) is 19.7. The SMILES string of the molecule is C=C(C)[C@@H]1CC[C@]2(CCNCCN3CCN(Cc4ccc5ccccc5c4)CC3)CC[C@]3(C)[C@H](CC[C@@H]4[C@@]5(C)CC[C@H](OC(=O)CC(C)(C)C(=O)O)C(C)(C)[C@@H]5CC[C@]43C)[C@@H]12. The summed E-state index contributed by atoms with van der Waals surface area (Å²) in [6, 6.07) is 15.6. The van der Waals surface area contributed by atoms with Crippen LogP contribution in [0.4, 0.5) is 0 Å². The zero-order valence-corrected chi connectivity index (χ0v) is 39.4. The number of carboxylic acids is 1. The highest BCUT2D eigenvalue weighted by atomic mass is 16.5. The van der Waals surface area contributed by atoms with E-state index in [1.807, 2.05) is 0 Å². The largest absolute Gasteiger partial charge is 0.481 e. The topological polar surface area (TPSA) is 82.1 Å². The van der Waals surface area contributed by atoms with Gasteiger partial charge in [0.1, 0.15) is 6.10 Å². The summed E-state index contributed by atoms with van der Waals surface area (Å²) in [7, 11) is 0. The molecule has 0 unspecified atom stereocenters. The number of rotatable bonds is 13. The summed E-state index contributed by atoms with van der Waals surface area (Å²) in [6.07, 6.45) is 13.4. The Labute approximate surface area is 369 Å². The number of nitrogens with zero attached hydrogens (tertiary/aromatic N) is 2. The Morgan fingerprint density at radius 3 is 2.26 bits per heavy atom. The molecule has 10 atom stereocenters. The molecule has 1 aliphatic heterocycles. The standard InChI is InChI=1S/C54H81N3O4/c1-37(2)41-18-23-54(26-27-55-28-29-56-30-32-57(33-31-56)36-38-14-15-39-12-10-11-13-40(39)34-38)25-24-52(8)42(47(41)54)16-17-44-51(7)21-20-45(61-46(58)35-49(3,4)48(59)60)50(5,6)43(51)19-22-53(44,52)9/h10-15,34,41-45,47,55H,1,16-33,35-36H2,2-9H3,(H,59,60)/t41-,42+,43-,44+,45-,47+,51-,52+,53+,54+/m0/s1. The normalized spacial score (nSPS) is 37.6. The van der Waals surface area contributed by atoms with Crippen molar-refractivity contribution >= 4 is 22.7 Å². The van der Waals surface area contributed by atoms with E-state index in [1.54, 1.807) is 13.8 Å². The number of carbonyl (C=O) groups excluding carboxylic acids is 1. The van der Waals surface area contributed by atoms with Crippen molar-refractivity contribution in [1.29, 1.82) is 0 Å². The second-order valence-corrected chi connectivity index (χ2v) is 23.6. The number of aliphatic carboxylic acids is 1. The van der Waals surface area contributed by atoms with Crippen molar-refractivity contribution < 1.29 is 19.4 Å². The molecule has 2 aromatic rings. The lowest BCUT2D eigenvalue weighted by Crippen LogP contribution is -2.66. The van der Waals surface area contributed by atoms with Crippen LogP contribution in [0.2, 0.25) is 0 Å². The number of benzene rings is 2. The fourth-order valence-corrected chi connectivity index (χ4v) is 16.0. The molecule has 61 heavy (non-hydrogen) atoms. The Balaban J connectivity index is 0.876. The number of hydrogen-bond donors (Lipinski definition) is 2. The Kier molecular flexibility index (Phi) is 12.3. The number of fused-ring (bicyclic) bond motifs is 8. The van der Waals surface area contributed by atoms with E-state index in [-0.39, 0.29) is 34.7 Å². The fourth-order valence-electron chi connectivity index (χ4n) is 16.0. The van der Waals surface area contributed by atoms with Gasteiger partial charge in [-0.2, -0.15) is 0 Å². The van der Waals surface area contributed by atoms with E-state index in [9.17, 15) is 14.7 Å². The molecule has 0 amide bonds. The number of allylic oxidation sites excluding steroid dienone is 1. The van der Waals surface area contributed by atoms with Crippen LogP contribution >= 0.6 is 0 Å². The average molecular weight is 836 g/mol. The molecule has 1 heterocycles. The second kappa shape index (κ2) is 16.7. The minimum absolute atomic E-state index is 0.0902. The molecule has 6 fully saturated rings. The summed E-state index contributed by atoms with van der Waals surface area (Å²) >= 11 is 0. The summed E-state index contributed by atoms with van der Waals surface area (Å²) in [4.78, 5) is 30.3. The van der Waals surface area contributed by atoms with Gasteiger partial charge >= 0.3 is 11.9 Å². The van der Waals surface area contributed by atoms with Crippen molar-refractivity contribution in [1.82, 2.24) is 15.1 Å². The first kappa shape index (κ1) is 44.9. The highest BCUT2D eigenvalue weighted by Gasteiger charge is 2.71. The van der Waals surface area contributed by atoms with Crippen molar-refractivity contribution in [3.8, 4) is 0 Å². The van der Waals surface area contributed by atoms with Gasteiger partial charge < -0.3 is 15.2 Å². The van der Waals surface area contributed by atoms with E-state index < -0.39 is 11.4 Å². The van der Waals surface area contributed by atoms with Crippen LogP contribution in [0.1, 0.15) is 138 Å². The van der Waals surface area contributed by atoms with Gasteiger partial charge in [-0.15, -0.1) is 0 Å². The number of hydrogen-bond acceptors (Lipinski definition) is 6. The monoisotopic (exact) mass is 836 g/mol. The van der Waals surface area contributed by atoms with Crippen LogP contribution in [0.25, 0.3) is 10.8 Å². The van der Waals surface area contributed by atoms with Crippen molar-refractivity contribution in [3.05, 3.63) is 60.2 Å². The second-order valence-electron chi connectivity index (χ2n) is 23.6. The van der Waals surface area contributed by atoms with Gasteiger partial charge in [-0.05, 0) is 172 Å². The van der Waals surface area contributed by atoms with Gasteiger partial charge in [0, 0.05) is 51.2 Å². The highest BCUT2D eigenvalue weighted by molar-refractivity contribution is 5.83. The van der Waals surface area contributed by atoms with Crippen LogP contribution in [0, 0.1) is 62.1 Å². The number of piperazine rings is 1. The molecular formula is C54H81N3O4. The first-order chi connectivity index (χ1) is 28.8. The molecule has 0 spiro atoms. The van der Waals surface area contributed by atoms with Crippen LogP contribution in [-0.2, 0) is 20.9 Å². The zero-order valence-electron chi connectivity index (χ0n) is 39.4. The fraction of sp³-hybridized carbons (Fsp3) is 0.741. The lowest BCUT2D eigenvalue weighted by molar-refractivity contribution is -0.250. The molecule has 2 aromatic carbocycles. The minimum Gasteiger partial charge on any atom is -0.481 e. The maximum absolute atomic E-state index is 13.2. The summed E-state index contributed by atoms with van der Waals surface area (Å²) in [5, 5.41) is 16.3. The third kappa shape index (κ3) is 7.95. The van der Waals surface area contributed by atoms with Gasteiger partial charge in [-0.1, -0.05) is 83.2 Å². The molecule has 8 rings (SSSR count). The molecule has 7 nitrogen and oxygen atoms in total. The van der Waals surface area contributed by atoms with E-state index in [2.05, 4.69) is 106 Å². The molecule has 0 bridgehead atoms. The van der Waals surface area contributed by atoms with E-state index >= 15 is 0 Å². The predicted octanol–water partition coefficient (Wildman–Crippen LogP) is 11.0. The smallest absolute Gasteiger partial charge is 0.309 e.